The van der Waals surface area contributed by atoms with E-state index < -0.39 is 11.6 Å². The summed E-state index contributed by atoms with van der Waals surface area (Å²) in [4.78, 5) is 2.15. The molecular formula is C13H19ClF2N2. The SMILES string of the molecule is CNCC1CCCN1Cc1c(F)cccc1F.Cl. The van der Waals surface area contributed by atoms with Crippen LogP contribution in [0.5, 0.6) is 0 Å². The molecule has 2 rings (SSSR count). The van der Waals surface area contributed by atoms with Crippen molar-refractivity contribution in [2.24, 2.45) is 0 Å². The number of nitrogens with one attached hydrogen (secondary N) is 1. The predicted octanol–water partition coefficient (Wildman–Crippen LogP) is 2.57. The summed E-state index contributed by atoms with van der Waals surface area (Å²) in [7, 11) is 1.90. The first kappa shape index (κ1) is 15.3. The molecule has 1 unspecified atom stereocenters. The Morgan fingerprint density at radius 3 is 2.61 bits per heavy atom. The molecule has 1 fully saturated rings. The van der Waals surface area contributed by atoms with E-state index >= 15 is 0 Å². The Balaban J connectivity index is 0.00000162. The van der Waals surface area contributed by atoms with E-state index in [9.17, 15) is 8.78 Å². The largest absolute Gasteiger partial charge is 0.318 e. The maximum Gasteiger partial charge on any atom is 0.130 e. The highest BCUT2D eigenvalue weighted by atomic mass is 35.5. The van der Waals surface area contributed by atoms with Gasteiger partial charge in [0.15, 0.2) is 0 Å². The van der Waals surface area contributed by atoms with Crippen LogP contribution in [-0.2, 0) is 6.54 Å². The minimum atomic E-state index is -0.444. The lowest BCUT2D eigenvalue weighted by molar-refractivity contribution is 0.235. The minimum Gasteiger partial charge on any atom is -0.318 e. The molecule has 0 saturated carbocycles. The van der Waals surface area contributed by atoms with Gasteiger partial charge in [-0.25, -0.2) is 8.78 Å². The molecule has 1 atom stereocenters. The first-order chi connectivity index (χ1) is 8.22. The van der Waals surface area contributed by atoms with Crippen LogP contribution in [0.4, 0.5) is 8.78 Å². The molecule has 5 heteroatoms. The zero-order valence-electron chi connectivity index (χ0n) is 10.5. The first-order valence-electron chi connectivity index (χ1n) is 6.04. The lowest BCUT2D eigenvalue weighted by Gasteiger charge is -2.24. The van der Waals surface area contributed by atoms with Crippen molar-refractivity contribution in [1.29, 1.82) is 0 Å². The topological polar surface area (TPSA) is 15.3 Å². The molecule has 1 saturated heterocycles. The molecule has 102 valence electrons. The second-order valence-electron chi connectivity index (χ2n) is 4.52. The van der Waals surface area contributed by atoms with E-state index in [2.05, 4.69) is 10.2 Å². The summed E-state index contributed by atoms with van der Waals surface area (Å²) in [5.74, 6) is -0.889. The molecule has 0 amide bonds. The summed E-state index contributed by atoms with van der Waals surface area (Å²) >= 11 is 0. The van der Waals surface area contributed by atoms with Crippen molar-refractivity contribution in [1.82, 2.24) is 10.2 Å². The van der Waals surface area contributed by atoms with Gasteiger partial charge in [-0.1, -0.05) is 6.07 Å². The molecule has 0 bridgehead atoms. The molecule has 0 radical (unpaired) electrons. The molecule has 1 aromatic carbocycles. The van der Waals surface area contributed by atoms with Crippen molar-refractivity contribution in [2.75, 3.05) is 20.1 Å². The summed E-state index contributed by atoms with van der Waals surface area (Å²) in [6.07, 6.45) is 2.19. The van der Waals surface area contributed by atoms with Crippen LogP contribution < -0.4 is 5.32 Å². The van der Waals surface area contributed by atoms with Crippen LogP contribution in [0.25, 0.3) is 0 Å². The number of likely N-dealkylation sites (N-methyl/N-ethyl adjacent to an activating group) is 1. The molecule has 1 aromatic rings. The number of halogens is 3. The van der Waals surface area contributed by atoms with Crippen LogP contribution in [0.15, 0.2) is 18.2 Å². The van der Waals surface area contributed by atoms with E-state index in [1.165, 1.54) is 18.2 Å². The highest BCUT2D eigenvalue weighted by molar-refractivity contribution is 5.85. The molecular weight excluding hydrogens is 258 g/mol. The van der Waals surface area contributed by atoms with Crippen molar-refractivity contribution in [3.63, 3.8) is 0 Å². The summed E-state index contributed by atoms with van der Waals surface area (Å²) in [5, 5.41) is 3.13. The normalized spacial score (nSPS) is 19.8. The third kappa shape index (κ3) is 3.40. The van der Waals surface area contributed by atoms with Crippen molar-refractivity contribution in [3.8, 4) is 0 Å². The van der Waals surface area contributed by atoms with Gasteiger partial charge in [0.1, 0.15) is 11.6 Å². The van der Waals surface area contributed by atoms with Crippen LogP contribution in [0, 0.1) is 11.6 Å². The zero-order chi connectivity index (χ0) is 12.3. The third-order valence-electron chi connectivity index (χ3n) is 3.36. The molecule has 1 aliphatic heterocycles. The van der Waals surface area contributed by atoms with Gasteiger partial charge < -0.3 is 5.32 Å². The van der Waals surface area contributed by atoms with E-state index in [0.717, 1.165) is 25.9 Å². The van der Waals surface area contributed by atoms with E-state index in [0.29, 0.717) is 12.6 Å². The number of nitrogens with zero attached hydrogens (tertiary/aromatic N) is 1. The Labute approximate surface area is 113 Å². The van der Waals surface area contributed by atoms with Gasteiger partial charge in [-0.15, -0.1) is 12.4 Å². The molecule has 0 aromatic heterocycles. The van der Waals surface area contributed by atoms with Gasteiger partial charge in [0, 0.05) is 24.7 Å². The van der Waals surface area contributed by atoms with E-state index in [1.807, 2.05) is 7.05 Å². The fraction of sp³-hybridized carbons (Fsp3) is 0.538. The third-order valence-corrected chi connectivity index (χ3v) is 3.36. The molecule has 18 heavy (non-hydrogen) atoms. The standard InChI is InChI=1S/C13H18F2N2.ClH/c1-16-8-10-4-3-7-17(10)9-11-12(14)5-2-6-13(11)15;/h2,5-6,10,16H,3-4,7-9H2,1H3;1H. The Hall–Kier alpha value is -0.710. The molecule has 1 heterocycles. The van der Waals surface area contributed by atoms with Gasteiger partial charge in [0.2, 0.25) is 0 Å². The van der Waals surface area contributed by atoms with Crippen molar-refractivity contribution >= 4 is 12.4 Å². The maximum absolute atomic E-state index is 13.5. The minimum absolute atomic E-state index is 0. The second-order valence-corrected chi connectivity index (χ2v) is 4.52. The van der Waals surface area contributed by atoms with Crippen LogP contribution in [0.3, 0.4) is 0 Å². The smallest absolute Gasteiger partial charge is 0.130 e. The summed E-state index contributed by atoms with van der Waals surface area (Å²) in [5.41, 5.74) is 0.190. The van der Waals surface area contributed by atoms with Crippen molar-refractivity contribution in [3.05, 3.63) is 35.4 Å². The van der Waals surface area contributed by atoms with Crippen molar-refractivity contribution in [2.45, 2.75) is 25.4 Å². The monoisotopic (exact) mass is 276 g/mol. The molecule has 1 N–H and O–H groups in total. The lowest BCUT2D eigenvalue weighted by atomic mass is 10.1. The molecule has 1 aliphatic rings. The Morgan fingerprint density at radius 1 is 1.33 bits per heavy atom. The summed E-state index contributed by atoms with van der Waals surface area (Å²) in [6, 6.07) is 4.44. The van der Waals surface area contributed by atoms with Gasteiger partial charge >= 0.3 is 0 Å². The van der Waals surface area contributed by atoms with Crippen molar-refractivity contribution < 1.29 is 8.78 Å². The Morgan fingerprint density at radius 2 is 2.00 bits per heavy atom. The number of hydrogen-bond acceptors (Lipinski definition) is 2. The fourth-order valence-corrected chi connectivity index (χ4v) is 2.46. The molecule has 0 aliphatic carbocycles. The van der Waals surface area contributed by atoms with Crippen LogP contribution >= 0.6 is 12.4 Å². The zero-order valence-corrected chi connectivity index (χ0v) is 11.3. The Bertz CT molecular complexity index is 367. The Kier molecular flexibility index (Phi) is 5.99. The average Bonchev–Trinajstić information content (AvgIpc) is 2.72. The number of likely N-dealkylation sites (tertiary alicyclic amines) is 1. The fourth-order valence-electron chi connectivity index (χ4n) is 2.46. The van der Waals surface area contributed by atoms with Crippen LogP contribution in [0.2, 0.25) is 0 Å². The van der Waals surface area contributed by atoms with E-state index in [-0.39, 0.29) is 18.0 Å². The molecule has 2 nitrogen and oxygen atoms in total. The van der Waals surface area contributed by atoms with Gasteiger partial charge in [-0.2, -0.15) is 0 Å². The van der Waals surface area contributed by atoms with Gasteiger partial charge in [-0.05, 0) is 38.6 Å². The average molecular weight is 277 g/mol. The quantitative estimate of drug-likeness (QED) is 0.909. The summed E-state index contributed by atoms with van der Waals surface area (Å²) < 4.78 is 27.1. The van der Waals surface area contributed by atoms with E-state index in [1.54, 1.807) is 0 Å². The number of rotatable bonds is 4. The van der Waals surface area contributed by atoms with E-state index in [4.69, 9.17) is 0 Å². The van der Waals surface area contributed by atoms with Crippen LogP contribution in [0.1, 0.15) is 18.4 Å². The highest BCUT2D eigenvalue weighted by Gasteiger charge is 2.25. The van der Waals surface area contributed by atoms with Gasteiger partial charge in [0.05, 0.1) is 0 Å². The first-order valence-corrected chi connectivity index (χ1v) is 6.04. The van der Waals surface area contributed by atoms with Gasteiger partial charge in [0.25, 0.3) is 0 Å². The summed E-state index contributed by atoms with van der Waals surface area (Å²) in [6.45, 7) is 2.15. The van der Waals surface area contributed by atoms with Gasteiger partial charge in [-0.3, -0.25) is 4.90 Å². The highest BCUT2D eigenvalue weighted by Crippen LogP contribution is 2.22. The number of hydrogen-bond donors (Lipinski definition) is 1. The molecule has 0 spiro atoms. The maximum atomic E-state index is 13.5. The predicted molar refractivity (Wildman–Crippen MR) is 71.0 cm³/mol. The second kappa shape index (κ2) is 7.02. The van der Waals surface area contributed by atoms with Crippen LogP contribution in [-0.4, -0.2) is 31.1 Å². The number of benzene rings is 1. The lowest BCUT2D eigenvalue weighted by Crippen LogP contribution is -2.36.